The summed E-state index contributed by atoms with van der Waals surface area (Å²) in [7, 11) is 0. The lowest BCUT2D eigenvalue weighted by atomic mass is 9.54. The van der Waals surface area contributed by atoms with Crippen LogP contribution in [0, 0.1) is 11.3 Å². The lowest BCUT2D eigenvalue weighted by molar-refractivity contribution is -0.127. The van der Waals surface area contributed by atoms with Gasteiger partial charge in [0.1, 0.15) is 39.8 Å². The van der Waals surface area contributed by atoms with Crippen molar-refractivity contribution in [3.8, 4) is 0 Å². The highest BCUT2D eigenvalue weighted by atomic mass is 35.5. The Bertz CT molecular complexity index is 1510. The van der Waals surface area contributed by atoms with Gasteiger partial charge in [0.15, 0.2) is 5.82 Å². The summed E-state index contributed by atoms with van der Waals surface area (Å²) in [6, 6.07) is 1.90. The summed E-state index contributed by atoms with van der Waals surface area (Å²) in [5.74, 6) is -1.86. The maximum absolute atomic E-state index is 16.7. The number of amides is 2. The number of aliphatic imine (C=N–C) groups is 1. The number of nitrogens with zero attached hydrogens (tertiary/aromatic N) is 4. The predicted octanol–water partition coefficient (Wildman–Crippen LogP) is 4.64. The minimum absolute atomic E-state index is 0.0152. The van der Waals surface area contributed by atoms with Gasteiger partial charge in [-0.3, -0.25) is 20.0 Å². The van der Waals surface area contributed by atoms with Crippen molar-refractivity contribution in [2.24, 2.45) is 16.3 Å². The molecule has 1 aliphatic carbocycles. The number of pyridine rings is 1. The maximum atomic E-state index is 16.7. The molecule has 2 aromatic heterocycles. The van der Waals surface area contributed by atoms with Gasteiger partial charge in [0.25, 0.3) is 0 Å². The van der Waals surface area contributed by atoms with Crippen molar-refractivity contribution < 1.29 is 18.7 Å². The second-order valence-corrected chi connectivity index (χ2v) is 13.6. The van der Waals surface area contributed by atoms with Crippen molar-refractivity contribution in [3.05, 3.63) is 58.6 Å². The van der Waals surface area contributed by atoms with Gasteiger partial charge in [-0.15, -0.1) is 0 Å². The molecule has 3 aliphatic heterocycles. The van der Waals surface area contributed by atoms with Gasteiger partial charge in [-0.05, 0) is 56.1 Å². The smallest absolute Gasteiger partial charge is 0.239 e. The number of carbonyl (C=O) groups is 2. The molecule has 11 nitrogen and oxygen atoms in total. The first-order valence-electron chi connectivity index (χ1n) is 14.7. The van der Waals surface area contributed by atoms with E-state index in [0.717, 1.165) is 18.9 Å². The van der Waals surface area contributed by atoms with E-state index in [1.807, 2.05) is 0 Å². The number of anilines is 1. The molecule has 1 saturated carbocycles. The molecule has 0 unspecified atom stereocenters. The molecule has 0 radical (unpaired) electrons. The Morgan fingerprint density at radius 2 is 2.02 bits per heavy atom. The van der Waals surface area contributed by atoms with E-state index in [4.69, 9.17) is 27.9 Å². The Balaban J connectivity index is 1.39. The van der Waals surface area contributed by atoms with E-state index < -0.39 is 40.6 Å². The average Bonchev–Trinajstić information content (AvgIpc) is 3.68. The van der Waals surface area contributed by atoms with Crippen molar-refractivity contribution in [1.82, 2.24) is 30.8 Å². The second-order valence-electron chi connectivity index (χ2n) is 12.8. The summed E-state index contributed by atoms with van der Waals surface area (Å²) in [5.41, 5.74) is -1.91. The first-order valence-corrected chi connectivity index (χ1v) is 15.5. The normalized spacial score (nSPS) is 30.9. The molecule has 5 atom stereocenters. The highest BCUT2D eigenvalue weighted by Gasteiger charge is 2.73. The van der Waals surface area contributed by atoms with Crippen molar-refractivity contribution in [2.45, 2.75) is 81.5 Å². The Labute approximate surface area is 264 Å². The van der Waals surface area contributed by atoms with Crippen LogP contribution in [0.5, 0.6) is 0 Å². The topological polar surface area (TPSA) is 146 Å². The maximum Gasteiger partial charge on any atom is 0.239 e. The lowest BCUT2D eigenvalue weighted by Gasteiger charge is -2.50. The molecule has 0 aromatic carbocycles. The molecule has 4 N–H and O–H groups in total. The van der Waals surface area contributed by atoms with Crippen LogP contribution in [0.3, 0.4) is 0 Å². The van der Waals surface area contributed by atoms with Crippen molar-refractivity contribution >= 4 is 47.0 Å². The number of hydrogen-bond donors (Lipinski definition) is 4. The lowest BCUT2D eigenvalue weighted by Crippen LogP contribution is -2.61. The first kappa shape index (κ1) is 30.8. The van der Waals surface area contributed by atoms with Crippen molar-refractivity contribution in [2.75, 3.05) is 11.9 Å². The van der Waals surface area contributed by atoms with E-state index in [2.05, 4.69) is 61.5 Å². The van der Waals surface area contributed by atoms with Crippen LogP contribution >= 0.6 is 23.2 Å². The van der Waals surface area contributed by atoms with Gasteiger partial charge in [0.2, 0.25) is 11.8 Å². The van der Waals surface area contributed by atoms with Crippen molar-refractivity contribution in [3.63, 3.8) is 0 Å². The van der Waals surface area contributed by atoms with Crippen LogP contribution in [0.4, 0.5) is 10.2 Å². The number of aromatic nitrogens is 4. The number of allylic oxidation sites excluding steroid dienone is 1. The number of H-pyrrole nitrogens is 1. The van der Waals surface area contributed by atoms with Crippen LogP contribution in [-0.2, 0) is 19.7 Å². The molecule has 14 heteroatoms. The Morgan fingerprint density at radius 3 is 2.68 bits per heavy atom. The van der Waals surface area contributed by atoms with Gasteiger partial charge >= 0.3 is 0 Å². The zero-order valence-electron chi connectivity index (χ0n) is 24.5. The number of rotatable bonds is 6. The zero-order chi connectivity index (χ0) is 31.3. The quantitative estimate of drug-likeness (QED) is 0.203. The van der Waals surface area contributed by atoms with Gasteiger partial charge < -0.3 is 15.4 Å². The first-order chi connectivity index (χ1) is 21.0. The Morgan fingerprint density at radius 1 is 1.25 bits per heavy atom. The fraction of sp³-hybridized carbons (Fsp3) is 0.533. The van der Waals surface area contributed by atoms with Crippen LogP contribution < -0.4 is 16.0 Å². The van der Waals surface area contributed by atoms with Crippen LogP contribution in [0.15, 0.2) is 47.1 Å². The van der Waals surface area contributed by atoms with Gasteiger partial charge in [0.05, 0.1) is 24.6 Å². The van der Waals surface area contributed by atoms with E-state index in [-0.39, 0.29) is 40.3 Å². The summed E-state index contributed by atoms with van der Waals surface area (Å²) in [6.45, 7) is 8.12. The minimum atomic E-state index is -1.49. The number of nitrogens with one attached hydrogen (secondary N) is 4. The SMILES string of the molecule is C=C(Cl)N=C/C=C(\F)[C@H]1[C@H](C(=O)N[C@@H]2CC[C@@H](c3ncn[nH]3)OC2)NC2(CCC(C)(C)CC2)[C@@]12C(=O)Nc1nc(Cl)ccc12. The summed E-state index contributed by atoms with van der Waals surface area (Å²) in [5, 5.41) is 16.4. The molecule has 2 saturated heterocycles. The molecule has 2 aromatic rings. The molecule has 44 heavy (non-hydrogen) atoms. The van der Waals surface area contributed by atoms with Gasteiger partial charge in [-0.1, -0.05) is 49.7 Å². The number of ether oxygens (including phenoxy) is 1. The highest BCUT2D eigenvalue weighted by molar-refractivity contribution is 6.30. The van der Waals surface area contributed by atoms with Crippen molar-refractivity contribution in [1.29, 1.82) is 0 Å². The molecule has 3 fully saturated rings. The fourth-order valence-electron chi connectivity index (χ4n) is 7.51. The molecule has 2 amide bonds. The van der Waals surface area contributed by atoms with E-state index in [9.17, 15) is 9.59 Å². The third kappa shape index (κ3) is 5.25. The number of fused-ring (bicyclic) bond motifs is 3. The molecular formula is C30H35Cl2FN8O3. The number of hydrogen-bond acceptors (Lipinski definition) is 8. The third-order valence-electron chi connectivity index (χ3n) is 9.71. The van der Waals surface area contributed by atoms with E-state index >= 15 is 4.39 Å². The zero-order valence-corrected chi connectivity index (χ0v) is 26.0. The predicted molar refractivity (Wildman–Crippen MR) is 164 cm³/mol. The number of carbonyl (C=O) groups excluding carboxylic acids is 2. The van der Waals surface area contributed by atoms with E-state index in [1.54, 1.807) is 12.1 Å². The van der Waals surface area contributed by atoms with Crippen LogP contribution in [0.25, 0.3) is 0 Å². The van der Waals surface area contributed by atoms with Crippen LogP contribution in [-0.4, -0.2) is 62.4 Å². The summed E-state index contributed by atoms with van der Waals surface area (Å²) in [6.07, 6.45) is 7.36. The van der Waals surface area contributed by atoms with Gasteiger partial charge in [-0.2, -0.15) is 5.10 Å². The van der Waals surface area contributed by atoms with Crippen LogP contribution in [0.1, 0.15) is 69.9 Å². The molecule has 2 spiro atoms. The molecule has 234 valence electrons. The number of halogens is 3. The molecule has 4 aliphatic rings. The summed E-state index contributed by atoms with van der Waals surface area (Å²) < 4.78 is 22.7. The second kappa shape index (κ2) is 11.6. The van der Waals surface area contributed by atoms with Gasteiger partial charge in [0, 0.05) is 17.3 Å². The Kier molecular flexibility index (Phi) is 8.14. The molecule has 0 bridgehead atoms. The van der Waals surface area contributed by atoms with Crippen LogP contribution in [0.2, 0.25) is 5.15 Å². The molecule has 5 heterocycles. The monoisotopic (exact) mass is 644 g/mol. The molecular weight excluding hydrogens is 610 g/mol. The minimum Gasteiger partial charge on any atom is -0.368 e. The molecule has 6 rings (SSSR count). The standard InChI is InChI=1S/C30H35Cl2FN8O3/c1-16(31)34-13-8-19(33)22-23(26(42)37-17-4-6-20(44-14-17)25-35-15-36-41-25)40-29(11-9-28(2,3)10-12-29)30(22)18-5-7-21(32)38-24(18)39-27(30)43/h5,7-8,13,15,17,20,22-23,40H,1,4,6,9-12,14H2,2-3H3,(H,37,42)(H,35,36,41)(H,38,39,43)/b19-8-,34-13?/t17-,20+,22+,23-,30-/m1/s1. The van der Waals surface area contributed by atoms with E-state index in [1.165, 1.54) is 12.5 Å². The summed E-state index contributed by atoms with van der Waals surface area (Å²) in [4.78, 5) is 41.0. The summed E-state index contributed by atoms with van der Waals surface area (Å²) >= 11 is 12.0. The highest BCUT2D eigenvalue weighted by Crippen LogP contribution is 2.62. The number of aromatic amines is 1. The Hall–Kier alpha value is -3.19. The third-order valence-corrected chi connectivity index (χ3v) is 10.0. The van der Waals surface area contributed by atoms with Gasteiger partial charge in [-0.25, -0.2) is 19.4 Å². The largest absolute Gasteiger partial charge is 0.368 e. The average molecular weight is 646 g/mol. The fourth-order valence-corrected chi connectivity index (χ4v) is 7.72. The van der Waals surface area contributed by atoms with E-state index in [0.29, 0.717) is 37.1 Å².